The van der Waals surface area contributed by atoms with Crippen LogP contribution in [0.1, 0.15) is 70.3 Å². The molecule has 0 amide bonds. The van der Waals surface area contributed by atoms with Crippen molar-refractivity contribution in [2.45, 2.75) is 67.2 Å². The van der Waals surface area contributed by atoms with Gasteiger partial charge in [-0.2, -0.15) is 11.6 Å². The fourth-order valence-corrected chi connectivity index (χ4v) is 5.85. The van der Waals surface area contributed by atoms with Crippen molar-refractivity contribution in [1.29, 1.82) is 0 Å². The minimum absolute atomic E-state index is 0. The van der Waals surface area contributed by atoms with Crippen LogP contribution in [0.4, 0.5) is 0 Å². The van der Waals surface area contributed by atoms with E-state index in [4.69, 9.17) is 0 Å². The molecule has 3 aromatic rings. The number of halogens is 3. The molecule has 0 nitrogen and oxygen atoms in total. The van der Waals surface area contributed by atoms with Gasteiger partial charge in [0.25, 0.3) is 0 Å². The summed E-state index contributed by atoms with van der Waals surface area (Å²) in [6, 6.07) is 21.2. The van der Waals surface area contributed by atoms with Crippen LogP contribution in [0.25, 0.3) is 0 Å². The van der Waals surface area contributed by atoms with Crippen molar-refractivity contribution in [3.05, 3.63) is 128 Å². The Morgan fingerprint density at radius 2 is 0.865 bits per heavy atom. The minimum Gasteiger partial charge on any atom is -1.00 e. The van der Waals surface area contributed by atoms with E-state index < -0.39 is 5.41 Å². The summed E-state index contributed by atoms with van der Waals surface area (Å²) >= 11 is 0. The predicted octanol–water partition coefficient (Wildman–Crippen LogP) is -0.403. The fraction of sp³-hybridized carbons (Fsp3) is 0.333. The first-order chi connectivity index (χ1) is 15.6. The van der Waals surface area contributed by atoms with Crippen LogP contribution in [-0.4, -0.2) is 0 Å². The largest absolute Gasteiger partial charge is 4.00 e. The molecule has 0 unspecified atom stereocenters. The van der Waals surface area contributed by atoms with Crippen LogP contribution < -0.4 is 37.2 Å². The van der Waals surface area contributed by atoms with Crippen LogP contribution in [0, 0.1) is 53.5 Å². The van der Waals surface area contributed by atoms with Gasteiger partial charge in [-0.05, 0) is 58.2 Å². The van der Waals surface area contributed by atoms with Gasteiger partial charge in [-0.25, -0.2) is 5.57 Å². The Hall–Kier alpha value is -1.28. The van der Waals surface area contributed by atoms with Crippen molar-refractivity contribution in [3.63, 3.8) is 0 Å². The summed E-state index contributed by atoms with van der Waals surface area (Å²) in [5.41, 5.74) is 14.2. The molecule has 3 aromatic carbocycles. The third kappa shape index (κ3) is 7.03. The van der Waals surface area contributed by atoms with Crippen molar-refractivity contribution in [3.8, 4) is 0 Å². The monoisotopic (exact) mass is 586 g/mol. The summed E-state index contributed by atoms with van der Waals surface area (Å²) in [5.74, 6) is 0.442. The van der Waals surface area contributed by atoms with Crippen LogP contribution in [0.3, 0.4) is 0 Å². The average Bonchev–Trinajstić information content (AvgIpc) is 3.17. The van der Waals surface area contributed by atoms with Crippen LogP contribution in [0.5, 0.6) is 0 Å². The maximum absolute atomic E-state index is 3.87. The molecule has 0 spiro atoms. The molecule has 0 fully saturated rings. The van der Waals surface area contributed by atoms with E-state index >= 15 is 0 Å². The van der Waals surface area contributed by atoms with Crippen molar-refractivity contribution >= 4 is 0 Å². The first kappa shape index (κ1) is 35.7. The van der Waals surface area contributed by atoms with E-state index in [-0.39, 0.29) is 58.9 Å². The van der Waals surface area contributed by atoms with Crippen LogP contribution in [0.15, 0.2) is 71.8 Å². The molecule has 0 bridgehead atoms. The van der Waals surface area contributed by atoms with Gasteiger partial charge in [0.2, 0.25) is 0 Å². The van der Waals surface area contributed by atoms with Gasteiger partial charge in [0.05, 0.1) is 0 Å². The Bertz CT molecular complexity index is 1100. The Morgan fingerprint density at radius 3 is 1.14 bits per heavy atom. The summed E-state index contributed by atoms with van der Waals surface area (Å²) in [6.45, 7) is 17.9. The molecule has 4 heteroatoms. The van der Waals surface area contributed by atoms with Crippen LogP contribution in [0.2, 0.25) is 0 Å². The predicted molar refractivity (Wildman–Crippen MR) is 142 cm³/mol. The van der Waals surface area contributed by atoms with E-state index in [1.807, 2.05) is 0 Å². The number of hydrogen-bond donors (Lipinski definition) is 0. The van der Waals surface area contributed by atoms with Crippen molar-refractivity contribution < 1.29 is 58.9 Å². The molecule has 0 saturated carbocycles. The Kier molecular flexibility index (Phi) is 13.7. The summed E-state index contributed by atoms with van der Waals surface area (Å²) < 4.78 is 0. The van der Waals surface area contributed by atoms with Crippen LogP contribution >= 0.6 is 0 Å². The zero-order valence-electron chi connectivity index (χ0n) is 23.2. The quantitative estimate of drug-likeness (QED) is 0.217. The molecule has 0 radical (unpaired) electrons. The molecule has 194 valence electrons. The van der Waals surface area contributed by atoms with Gasteiger partial charge in [-0.3, -0.25) is 6.08 Å². The van der Waals surface area contributed by atoms with Gasteiger partial charge < -0.3 is 37.2 Å². The van der Waals surface area contributed by atoms with Crippen molar-refractivity contribution in [1.82, 2.24) is 0 Å². The number of aryl methyl sites for hydroxylation is 6. The molecule has 0 atom stereocenters. The zero-order chi connectivity index (χ0) is 23.9. The smallest absolute Gasteiger partial charge is 1.00 e. The number of allylic oxidation sites excluding steroid dienone is 4. The van der Waals surface area contributed by atoms with Gasteiger partial charge in [-0.1, -0.05) is 108 Å². The number of rotatable bonds is 5. The first-order valence-electron chi connectivity index (χ1n) is 12.2. The minimum atomic E-state index is -0.406. The summed E-state index contributed by atoms with van der Waals surface area (Å²) in [5, 5.41) is 0. The second-order valence-electron chi connectivity index (χ2n) is 10.4. The molecule has 0 aromatic heterocycles. The maximum Gasteiger partial charge on any atom is 4.00 e. The van der Waals surface area contributed by atoms with Crippen LogP contribution in [-0.2, 0) is 27.1 Å². The maximum atomic E-state index is 3.87. The molecular weight excluding hydrogens is 551 g/mol. The summed E-state index contributed by atoms with van der Waals surface area (Å²) in [6.07, 6.45) is 7.14. The topological polar surface area (TPSA) is 0 Å². The van der Waals surface area contributed by atoms with E-state index in [0.717, 1.165) is 6.42 Å². The third-order valence-electron chi connectivity index (χ3n) is 6.85. The molecule has 0 heterocycles. The standard InChI is InChI=1S/C33H37.3ClH.Ti/c1-21(2)31-10-9-11-32(31)33(28-15-22(3)12-23(4)16-28,29-17-24(5)13-25(6)18-29)30-19-26(7)14-27(8)20-30;;;;/h10,12-21H,9H2,1-8H3;3*1H;/q-1;;;;+4/p-3. The Morgan fingerprint density at radius 1 is 0.568 bits per heavy atom. The first-order valence-corrected chi connectivity index (χ1v) is 12.2. The fourth-order valence-electron chi connectivity index (χ4n) is 5.85. The SMILES string of the molecule is Cc1cc(C)cc(C(C2=[C-]CC=C2C(C)C)(c2cc(C)cc(C)c2)c2cc(C)cc(C)c2)c1.[Cl-].[Cl-].[Cl-].[Ti+4]. The van der Waals surface area contributed by atoms with Gasteiger partial charge in [0, 0.05) is 5.41 Å². The molecule has 1 aliphatic carbocycles. The third-order valence-corrected chi connectivity index (χ3v) is 6.85. The molecule has 0 N–H and O–H groups in total. The van der Waals surface area contributed by atoms with Crippen molar-refractivity contribution in [2.24, 2.45) is 5.92 Å². The molecule has 37 heavy (non-hydrogen) atoms. The molecule has 4 rings (SSSR count). The number of benzene rings is 3. The van der Waals surface area contributed by atoms with E-state index in [9.17, 15) is 0 Å². The Balaban J connectivity index is 0.00000324. The van der Waals surface area contributed by atoms with E-state index in [1.165, 1.54) is 61.2 Å². The van der Waals surface area contributed by atoms with Gasteiger partial charge in [-0.15, -0.1) is 6.42 Å². The van der Waals surface area contributed by atoms with E-state index in [1.54, 1.807) is 0 Å². The zero-order valence-corrected chi connectivity index (χ0v) is 27.0. The van der Waals surface area contributed by atoms with Crippen molar-refractivity contribution in [2.75, 3.05) is 0 Å². The van der Waals surface area contributed by atoms with Gasteiger partial charge in [0.15, 0.2) is 0 Å². The summed E-state index contributed by atoms with van der Waals surface area (Å²) in [7, 11) is 0. The molecule has 0 aliphatic heterocycles. The van der Waals surface area contributed by atoms with Gasteiger partial charge in [0.1, 0.15) is 0 Å². The average molecular weight is 588 g/mol. The molecule has 0 saturated heterocycles. The second kappa shape index (κ2) is 14.2. The molecule has 1 aliphatic rings. The van der Waals surface area contributed by atoms with E-state index in [0.29, 0.717) is 5.92 Å². The van der Waals surface area contributed by atoms with Gasteiger partial charge >= 0.3 is 21.7 Å². The Labute approximate surface area is 258 Å². The number of hydrogen-bond acceptors (Lipinski definition) is 0. The molecular formula is C33H37Cl3Ti. The van der Waals surface area contributed by atoms with E-state index in [2.05, 4.69) is 122 Å². The normalized spacial score (nSPS) is 12.5. The summed E-state index contributed by atoms with van der Waals surface area (Å²) in [4.78, 5) is 0. The second-order valence-corrected chi connectivity index (χ2v) is 10.4.